The molecule has 4 nitrogen and oxygen atoms in total. The smallest absolute Gasteiger partial charge is 0.225 e. The van der Waals surface area contributed by atoms with E-state index in [0.29, 0.717) is 0 Å². The number of anilines is 1. The molecule has 0 spiro atoms. The van der Waals surface area contributed by atoms with Gasteiger partial charge in [-0.25, -0.2) is 0 Å². The number of carbonyl (C=O) groups is 1. The van der Waals surface area contributed by atoms with Crippen LogP contribution in [0.3, 0.4) is 0 Å². The van der Waals surface area contributed by atoms with Crippen LogP contribution in [0.5, 0.6) is 0 Å². The SMILES string of the molecule is CCCN1C(=NC23CC4CC(CC(C4)C2)C3)SCC1N(C(C)=O)c1ccc(C)cc1.Cl. The molecule has 1 aromatic rings. The quantitative estimate of drug-likeness (QED) is 0.549. The monoisotopic (exact) mass is 461 g/mol. The van der Waals surface area contributed by atoms with Crippen LogP contribution in [0.15, 0.2) is 29.3 Å². The summed E-state index contributed by atoms with van der Waals surface area (Å²) in [5, 5.41) is 1.20. The molecule has 31 heavy (non-hydrogen) atoms. The van der Waals surface area contributed by atoms with Crippen molar-refractivity contribution in [2.24, 2.45) is 22.7 Å². The van der Waals surface area contributed by atoms with E-state index in [1.54, 1.807) is 6.92 Å². The highest BCUT2D eigenvalue weighted by Gasteiger charge is 2.52. The summed E-state index contributed by atoms with van der Waals surface area (Å²) in [6.45, 7) is 6.97. The van der Waals surface area contributed by atoms with Crippen molar-refractivity contribution in [3.05, 3.63) is 29.8 Å². The standard InChI is InChI=1S/C25H35N3OS.ClH/c1-4-9-27-23(28(18(3)29)22-7-5-17(2)6-8-22)16-30-24(27)26-25-13-19-10-20(14-25)12-21(11-19)15-25;/h5-8,19-21,23H,4,9-16H2,1-3H3;1H. The summed E-state index contributed by atoms with van der Waals surface area (Å²) in [6.07, 6.45) is 9.35. The molecular weight excluding hydrogens is 426 g/mol. The number of amides is 1. The predicted octanol–water partition coefficient (Wildman–Crippen LogP) is 5.88. The molecule has 4 saturated carbocycles. The van der Waals surface area contributed by atoms with E-state index in [9.17, 15) is 4.79 Å². The molecule has 170 valence electrons. The number of aryl methyl sites for hydroxylation is 1. The van der Waals surface area contributed by atoms with Crippen LogP contribution in [0.2, 0.25) is 0 Å². The molecule has 1 heterocycles. The Morgan fingerprint density at radius 2 is 1.71 bits per heavy atom. The Morgan fingerprint density at radius 3 is 2.23 bits per heavy atom. The van der Waals surface area contributed by atoms with Crippen LogP contribution in [0.25, 0.3) is 0 Å². The number of aliphatic imine (C=N–C) groups is 1. The molecule has 1 aromatic carbocycles. The molecule has 0 N–H and O–H groups in total. The largest absolute Gasteiger partial charge is 0.330 e. The Hall–Kier alpha value is -1.20. The average Bonchev–Trinajstić information content (AvgIpc) is 3.04. The van der Waals surface area contributed by atoms with E-state index in [1.165, 1.54) is 49.3 Å². The molecule has 5 fully saturated rings. The number of halogens is 1. The second kappa shape index (κ2) is 8.97. The molecule has 6 rings (SSSR count). The van der Waals surface area contributed by atoms with Gasteiger partial charge in [0, 0.05) is 24.9 Å². The van der Waals surface area contributed by atoms with Gasteiger partial charge in [-0.15, -0.1) is 12.4 Å². The van der Waals surface area contributed by atoms with Gasteiger partial charge in [0.1, 0.15) is 6.17 Å². The van der Waals surface area contributed by atoms with E-state index >= 15 is 0 Å². The zero-order chi connectivity index (χ0) is 20.9. The van der Waals surface area contributed by atoms with Crippen molar-refractivity contribution in [2.75, 3.05) is 17.2 Å². The number of thioether (sulfide) groups is 1. The first-order valence-corrected chi connectivity index (χ1v) is 12.8. The van der Waals surface area contributed by atoms with Crippen molar-refractivity contribution in [3.63, 3.8) is 0 Å². The highest BCUT2D eigenvalue weighted by Crippen LogP contribution is 2.57. The first-order chi connectivity index (χ1) is 14.5. The number of rotatable bonds is 5. The lowest BCUT2D eigenvalue weighted by atomic mass is 9.53. The Bertz CT molecular complexity index is 804. The zero-order valence-electron chi connectivity index (χ0n) is 19.0. The van der Waals surface area contributed by atoms with Crippen LogP contribution < -0.4 is 4.90 Å². The minimum absolute atomic E-state index is 0. The van der Waals surface area contributed by atoms with E-state index < -0.39 is 0 Å². The van der Waals surface area contributed by atoms with Crippen molar-refractivity contribution in [3.8, 4) is 0 Å². The van der Waals surface area contributed by atoms with Gasteiger partial charge in [0.05, 0.1) is 5.54 Å². The first-order valence-electron chi connectivity index (χ1n) is 11.8. The Balaban J connectivity index is 0.00000231. The van der Waals surface area contributed by atoms with Crippen LogP contribution in [-0.4, -0.2) is 40.0 Å². The minimum atomic E-state index is 0. The lowest BCUT2D eigenvalue weighted by Crippen LogP contribution is -2.52. The second-order valence-electron chi connectivity index (χ2n) is 10.2. The van der Waals surface area contributed by atoms with Crippen LogP contribution in [0, 0.1) is 24.7 Å². The first kappa shape index (κ1) is 23.0. The Morgan fingerprint density at radius 1 is 1.13 bits per heavy atom. The van der Waals surface area contributed by atoms with E-state index in [1.807, 2.05) is 16.7 Å². The molecular formula is C25H36ClN3OS. The second-order valence-corrected chi connectivity index (χ2v) is 11.2. The van der Waals surface area contributed by atoms with Crippen LogP contribution >= 0.6 is 24.2 Å². The van der Waals surface area contributed by atoms with Crippen molar-refractivity contribution in [1.29, 1.82) is 0 Å². The lowest BCUT2D eigenvalue weighted by Gasteiger charge is -2.55. The topological polar surface area (TPSA) is 35.9 Å². The van der Waals surface area contributed by atoms with Gasteiger partial charge >= 0.3 is 0 Å². The maximum atomic E-state index is 12.7. The average molecular weight is 462 g/mol. The molecule has 1 atom stereocenters. The molecule has 1 saturated heterocycles. The van der Waals surface area contributed by atoms with Gasteiger partial charge < -0.3 is 4.90 Å². The molecule has 1 unspecified atom stereocenters. The lowest BCUT2D eigenvalue weighted by molar-refractivity contribution is -0.117. The number of hydrogen-bond donors (Lipinski definition) is 0. The fraction of sp³-hybridized carbons (Fsp3) is 0.680. The highest BCUT2D eigenvalue weighted by atomic mass is 35.5. The van der Waals surface area contributed by atoms with Crippen molar-refractivity contribution < 1.29 is 4.79 Å². The summed E-state index contributed by atoms with van der Waals surface area (Å²) in [5.41, 5.74) is 2.40. The number of benzene rings is 1. The maximum absolute atomic E-state index is 12.7. The fourth-order valence-corrected chi connectivity index (χ4v) is 8.18. The van der Waals surface area contributed by atoms with Crippen LogP contribution in [-0.2, 0) is 4.79 Å². The molecule has 4 bridgehead atoms. The molecule has 0 radical (unpaired) electrons. The summed E-state index contributed by atoms with van der Waals surface area (Å²) >= 11 is 1.87. The third-order valence-corrected chi connectivity index (χ3v) is 8.77. The Kier molecular flexibility index (Phi) is 6.65. The number of hydrogen-bond acceptors (Lipinski definition) is 3. The Labute approximate surface area is 197 Å². The summed E-state index contributed by atoms with van der Waals surface area (Å²) in [7, 11) is 0. The van der Waals surface area contributed by atoms with Gasteiger partial charge in [0.2, 0.25) is 5.91 Å². The third-order valence-electron chi connectivity index (χ3n) is 7.72. The summed E-state index contributed by atoms with van der Waals surface area (Å²) in [6, 6.07) is 8.36. The molecule has 5 aliphatic rings. The molecule has 0 aromatic heterocycles. The van der Waals surface area contributed by atoms with Gasteiger partial charge in [0.25, 0.3) is 0 Å². The predicted molar refractivity (Wildman–Crippen MR) is 133 cm³/mol. The van der Waals surface area contributed by atoms with E-state index in [2.05, 4.69) is 43.0 Å². The van der Waals surface area contributed by atoms with Crippen molar-refractivity contribution in [1.82, 2.24) is 4.90 Å². The zero-order valence-corrected chi connectivity index (χ0v) is 20.7. The van der Waals surface area contributed by atoms with E-state index in [-0.39, 0.29) is 30.0 Å². The van der Waals surface area contributed by atoms with E-state index in [0.717, 1.165) is 42.2 Å². The molecule has 1 aliphatic heterocycles. The molecule has 1 amide bonds. The van der Waals surface area contributed by atoms with E-state index in [4.69, 9.17) is 4.99 Å². The van der Waals surface area contributed by atoms with Crippen LogP contribution in [0.1, 0.15) is 64.4 Å². The molecule has 4 aliphatic carbocycles. The normalized spacial score (nSPS) is 34.8. The minimum Gasteiger partial charge on any atom is -0.330 e. The summed E-state index contributed by atoms with van der Waals surface area (Å²) in [4.78, 5) is 22.7. The summed E-state index contributed by atoms with van der Waals surface area (Å²) in [5.74, 6) is 3.73. The van der Waals surface area contributed by atoms with Gasteiger partial charge in [0.15, 0.2) is 5.17 Å². The van der Waals surface area contributed by atoms with Gasteiger partial charge in [-0.3, -0.25) is 14.7 Å². The number of nitrogens with zero attached hydrogens (tertiary/aromatic N) is 3. The third kappa shape index (κ3) is 4.37. The highest BCUT2D eigenvalue weighted by molar-refractivity contribution is 8.14. The maximum Gasteiger partial charge on any atom is 0.225 e. The van der Waals surface area contributed by atoms with Crippen molar-refractivity contribution in [2.45, 2.75) is 77.4 Å². The number of carbonyl (C=O) groups excluding carboxylic acids is 1. The van der Waals surface area contributed by atoms with Gasteiger partial charge in [-0.2, -0.15) is 0 Å². The van der Waals surface area contributed by atoms with Crippen LogP contribution in [0.4, 0.5) is 5.69 Å². The number of amidine groups is 1. The van der Waals surface area contributed by atoms with Gasteiger partial charge in [-0.05, 0) is 81.8 Å². The van der Waals surface area contributed by atoms with Crippen molar-refractivity contribution >= 4 is 40.9 Å². The molecule has 6 heteroatoms. The summed E-state index contributed by atoms with van der Waals surface area (Å²) < 4.78 is 0. The van der Waals surface area contributed by atoms with Gasteiger partial charge in [-0.1, -0.05) is 36.4 Å². The fourth-order valence-electron chi connectivity index (χ4n) is 6.92.